The lowest BCUT2D eigenvalue weighted by Crippen LogP contribution is -2.14. The number of rotatable bonds is 4. The number of aryl methyl sites for hydroxylation is 1. The summed E-state index contributed by atoms with van der Waals surface area (Å²) < 4.78 is 5.97. The Bertz CT molecular complexity index is 1100. The van der Waals surface area contributed by atoms with Crippen LogP contribution in [0.25, 0.3) is 11.1 Å². The minimum absolute atomic E-state index is 0.104. The van der Waals surface area contributed by atoms with Crippen LogP contribution in [0.5, 0.6) is 6.01 Å². The summed E-state index contributed by atoms with van der Waals surface area (Å²) in [5, 5.41) is 4.09. The van der Waals surface area contributed by atoms with Gasteiger partial charge in [0.2, 0.25) is 5.71 Å². The Morgan fingerprint density at radius 2 is 2.16 bits per heavy atom. The van der Waals surface area contributed by atoms with Gasteiger partial charge in [-0.15, -0.1) is 11.3 Å². The first kappa shape index (κ1) is 17.7. The molecule has 0 amide bonds. The zero-order valence-corrected chi connectivity index (χ0v) is 15.4. The summed E-state index contributed by atoms with van der Waals surface area (Å²) in [6, 6.07) is 2.72. The number of hydrogen-bond acceptors (Lipinski definition) is 7. The molecular weight excluding hydrogens is 389 g/mol. The van der Waals surface area contributed by atoms with E-state index in [1.807, 2.05) is 6.92 Å². The number of nitrogens with zero attached hydrogens (tertiary/aromatic N) is 2. The van der Waals surface area contributed by atoms with E-state index in [1.165, 1.54) is 17.4 Å². The van der Waals surface area contributed by atoms with Crippen LogP contribution in [0.15, 0.2) is 31.3 Å². The van der Waals surface area contributed by atoms with E-state index >= 15 is 0 Å². The fourth-order valence-corrected chi connectivity index (χ4v) is 3.76. The highest BCUT2D eigenvalue weighted by molar-refractivity contribution is 7.20. The van der Waals surface area contributed by atoms with Crippen LogP contribution in [0, 0.1) is 0 Å². The maximum atomic E-state index is 12.2. The Morgan fingerprint density at radius 3 is 2.80 bits per heavy atom. The molecule has 0 radical (unpaired) electrons. The van der Waals surface area contributed by atoms with E-state index in [4.69, 9.17) is 32.5 Å². The van der Waals surface area contributed by atoms with Crippen LogP contribution in [0.2, 0.25) is 8.67 Å². The van der Waals surface area contributed by atoms with Crippen molar-refractivity contribution in [2.75, 3.05) is 0 Å². The average molecular weight is 400 g/mol. The number of nitrogens with one attached hydrogen (secondary N) is 1. The highest BCUT2D eigenvalue weighted by atomic mass is 35.5. The molecule has 0 aliphatic carbocycles. The second-order valence-electron chi connectivity index (χ2n) is 5.00. The zero-order chi connectivity index (χ0) is 18.1. The number of aromatic amines is 1. The van der Waals surface area contributed by atoms with Crippen molar-refractivity contribution in [1.82, 2.24) is 9.97 Å². The standard InChI is InChI=1S/C15H11Cl2N3O4S/c1-3-7-4-10(21)23-14-11(7)13(22)18-15(19-14)24-20-6(2)8-5-9(16)25-12(8)17/h4-5H,3H2,1-2H3,(H,18,19,22)/b20-6-. The normalized spacial score (nSPS) is 11.9. The molecule has 3 heterocycles. The lowest BCUT2D eigenvalue weighted by atomic mass is 10.1. The summed E-state index contributed by atoms with van der Waals surface area (Å²) in [6.45, 7) is 3.49. The Kier molecular flexibility index (Phi) is 4.94. The van der Waals surface area contributed by atoms with Crippen LogP contribution in [0.4, 0.5) is 0 Å². The first-order chi connectivity index (χ1) is 11.9. The molecule has 0 spiro atoms. The number of hydrogen-bond donors (Lipinski definition) is 1. The Labute approximate surface area is 154 Å². The molecule has 10 heteroatoms. The van der Waals surface area contributed by atoms with Crippen LogP contribution in [-0.2, 0) is 6.42 Å². The van der Waals surface area contributed by atoms with E-state index in [1.54, 1.807) is 13.0 Å². The molecule has 25 heavy (non-hydrogen) atoms. The predicted molar refractivity (Wildman–Crippen MR) is 97.5 cm³/mol. The van der Waals surface area contributed by atoms with Gasteiger partial charge in [-0.1, -0.05) is 35.3 Å². The quantitative estimate of drug-likeness (QED) is 0.533. The summed E-state index contributed by atoms with van der Waals surface area (Å²) in [5.74, 6) is 0. The molecule has 7 nitrogen and oxygen atoms in total. The maximum absolute atomic E-state index is 12.2. The average Bonchev–Trinajstić information content (AvgIpc) is 2.89. The number of aromatic nitrogens is 2. The van der Waals surface area contributed by atoms with Crippen molar-refractivity contribution in [3.05, 3.63) is 52.7 Å². The van der Waals surface area contributed by atoms with E-state index in [-0.39, 0.29) is 17.1 Å². The SMILES string of the molecule is CCc1cc(=O)oc2nc(O/N=C(/C)c3cc(Cl)sc3Cl)[nH]c(=O)c12. The molecule has 0 aromatic carbocycles. The van der Waals surface area contributed by atoms with E-state index in [0.29, 0.717) is 31.9 Å². The van der Waals surface area contributed by atoms with Crippen molar-refractivity contribution >= 4 is 51.4 Å². The fourth-order valence-electron chi connectivity index (χ4n) is 2.20. The second kappa shape index (κ2) is 6.99. The summed E-state index contributed by atoms with van der Waals surface area (Å²) >= 11 is 13.1. The molecule has 3 aromatic heterocycles. The number of halogens is 2. The summed E-state index contributed by atoms with van der Waals surface area (Å²) in [4.78, 5) is 35.4. The van der Waals surface area contributed by atoms with Gasteiger partial charge in [0.05, 0.1) is 10.0 Å². The third kappa shape index (κ3) is 3.60. The first-order valence-electron chi connectivity index (χ1n) is 7.13. The van der Waals surface area contributed by atoms with Gasteiger partial charge in [-0.05, 0) is 25.0 Å². The van der Waals surface area contributed by atoms with Crippen LogP contribution < -0.4 is 16.0 Å². The Morgan fingerprint density at radius 1 is 1.40 bits per heavy atom. The smallest absolute Gasteiger partial charge is 0.337 e. The number of H-pyrrole nitrogens is 1. The van der Waals surface area contributed by atoms with Crippen LogP contribution >= 0.6 is 34.5 Å². The van der Waals surface area contributed by atoms with Gasteiger partial charge in [-0.3, -0.25) is 9.78 Å². The van der Waals surface area contributed by atoms with Crippen LogP contribution in [-0.4, -0.2) is 15.7 Å². The molecule has 3 rings (SSSR count). The monoisotopic (exact) mass is 399 g/mol. The molecule has 0 saturated heterocycles. The predicted octanol–water partition coefficient (Wildman–Crippen LogP) is 3.61. The van der Waals surface area contributed by atoms with Crippen molar-refractivity contribution in [2.24, 2.45) is 5.16 Å². The number of oxime groups is 1. The van der Waals surface area contributed by atoms with Gasteiger partial charge in [-0.25, -0.2) is 4.79 Å². The Hall–Kier alpha value is -2.16. The minimum atomic E-state index is -0.590. The first-order valence-corrected chi connectivity index (χ1v) is 8.70. The van der Waals surface area contributed by atoms with Crippen molar-refractivity contribution in [2.45, 2.75) is 20.3 Å². The molecule has 0 aliphatic heterocycles. The van der Waals surface area contributed by atoms with E-state index < -0.39 is 11.2 Å². The largest absolute Gasteiger partial charge is 0.403 e. The molecule has 0 bridgehead atoms. The molecule has 3 aromatic rings. The highest BCUT2D eigenvalue weighted by Gasteiger charge is 2.13. The van der Waals surface area contributed by atoms with E-state index in [0.717, 1.165) is 0 Å². The third-order valence-electron chi connectivity index (χ3n) is 3.37. The molecule has 1 N–H and O–H groups in total. The van der Waals surface area contributed by atoms with Gasteiger partial charge in [0.1, 0.15) is 9.72 Å². The lowest BCUT2D eigenvalue weighted by Gasteiger charge is -2.03. The molecule has 0 unspecified atom stereocenters. The highest BCUT2D eigenvalue weighted by Crippen LogP contribution is 2.31. The van der Waals surface area contributed by atoms with Crippen LogP contribution in [0.1, 0.15) is 25.0 Å². The van der Waals surface area contributed by atoms with E-state index in [2.05, 4.69) is 15.1 Å². The third-order valence-corrected chi connectivity index (χ3v) is 4.86. The molecule has 0 saturated carbocycles. The second-order valence-corrected chi connectivity index (χ2v) is 7.29. The van der Waals surface area contributed by atoms with Gasteiger partial charge < -0.3 is 9.25 Å². The molecule has 130 valence electrons. The summed E-state index contributed by atoms with van der Waals surface area (Å²) in [6.07, 6.45) is 0.488. The minimum Gasteiger partial charge on any atom is -0.403 e. The maximum Gasteiger partial charge on any atom is 0.337 e. The van der Waals surface area contributed by atoms with Crippen molar-refractivity contribution in [3.8, 4) is 6.01 Å². The van der Waals surface area contributed by atoms with Gasteiger partial charge >= 0.3 is 11.6 Å². The molecule has 0 fully saturated rings. The zero-order valence-electron chi connectivity index (χ0n) is 13.1. The fraction of sp³-hybridized carbons (Fsp3) is 0.200. The summed E-state index contributed by atoms with van der Waals surface area (Å²) in [5.41, 5.74) is 0.426. The topological polar surface area (TPSA) is 97.5 Å². The molecule has 0 atom stereocenters. The number of thiophene rings is 1. The van der Waals surface area contributed by atoms with Gasteiger partial charge in [0, 0.05) is 11.6 Å². The van der Waals surface area contributed by atoms with Gasteiger partial charge in [0.15, 0.2) is 0 Å². The summed E-state index contributed by atoms with van der Waals surface area (Å²) in [7, 11) is 0. The van der Waals surface area contributed by atoms with Crippen LogP contribution in [0.3, 0.4) is 0 Å². The van der Waals surface area contributed by atoms with Crippen molar-refractivity contribution < 1.29 is 9.25 Å². The van der Waals surface area contributed by atoms with Gasteiger partial charge in [-0.2, -0.15) is 4.98 Å². The van der Waals surface area contributed by atoms with Crippen molar-refractivity contribution in [3.63, 3.8) is 0 Å². The molecule has 0 aliphatic rings. The Balaban J connectivity index is 2.00. The van der Waals surface area contributed by atoms with E-state index in [9.17, 15) is 9.59 Å². The lowest BCUT2D eigenvalue weighted by molar-refractivity contribution is 0.311. The van der Waals surface area contributed by atoms with Crippen molar-refractivity contribution in [1.29, 1.82) is 0 Å². The molecular formula is C15H11Cl2N3O4S. The number of fused-ring (bicyclic) bond motifs is 1. The van der Waals surface area contributed by atoms with Gasteiger partial charge in [0.25, 0.3) is 5.56 Å².